The zero-order valence-corrected chi connectivity index (χ0v) is 21.0. The summed E-state index contributed by atoms with van der Waals surface area (Å²) in [5.41, 5.74) is 0.621. The summed E-state index contributed by atoms with van der Waals surface area (Å²) in [6.07, 6.45) is 4.24. The van der Waals surface area contributed by atoms with Gasteiger partial charge in [-0.15, -0.1) is 0 Å². The molecule has 1 aromatic rings. The van der Waals surface area contributed by atoms with E-state index in [1.165, 1.54) is 0 Å². The Morgan fingerprint density at radius 3 is 2.09 bits per heavy atom. The van der Waals surface area contributed by atoms with Gasteiger partial charge in [0.15, 0.2) is 0 Å². The Balaban J connectivity index is 1.22. The highest BCUT2D eigenvalue weighted by atomic mass is 19.3. The molecule has 190 valence electrons. The third-order valence-corrected chi connectivity index (χ3v) is 7.76. The van der Waals surface area contributed by atoms with Gasteiger partial charge < -0.3 is 9.64 Å². The Morgan fingerprint density at radius 2 is 1.53 bits per heavy atom. The van der Waals surface area contributed by atoms with Crippen molar-refractivity contribution < 1.29 is 18.3 Å². The number of amides is 1. The second kappa shape index (κ2) is 10.5. The van der Waals surface area contributed by atoms with Crippen LogP contribution in [0.15, 0.2) is 30.3 Å². The number of rotatable bonds is 4. The van der Waals surface area contributed by atoms with E-state index in [4.69, 9.17) is 4.74 Å². The largest absolute Gasteiger partial charge is 0.444 e. The van der Waals surface area contributed by atoms with E-state index in [1.807, 2.05) is 60.9 Å². The summed E-state index contributed by atoms with van der Waals surface area (Å²) in [5.74, 6) is -1.53. The molecule has 7 heteroatoms. The van der Waals surface area contributed by atoms with Crippen LogP contribution in [0, 0.1) is 11.8 Å². The SMILES string of the molecule is CC(C)(C)OC(=O)N1CCC(C2CCN(C3CCN(Cc4ccccc4)CC3(F)F)CC2)CC1. The molecular weight excluding hydrogens is 436 g/mol. The highest BCUT2D eigenvalue weighted by Gasteiger charge is 2.48. The Morgan fingerprint density at radius 1 is 0.941 bits per heavy atom. The molecule has 1 amide bonds. The van der Waals surface area contributed by atoms with Crippen molar-refractivity contribution in [1.29, 1.82) is 0 Å². The lowest BCUT2D eigenvalue weighted by molar-refractivity contribution is -0.135. The van der Waals surface area contributed by atoms with Crippen LogP contribution in [-0.4, -0.2) is 77.6 Å². The number of halogens is 2. The zero-order chi connectivity index (χ0) is 24.3. The quantitative estimate of drug-likeness (QED) is 0.593. The van der Waals surface area contributed by atoms with Crippen molar-refractivity contribution in [2.75, 3.05) is 39.3 Å². The fourth-order valence-corrected chi connectivity index (χ4v) is 6.01. The third kappa shape index (κ3) is 6.48. The third-order valence-electron chi connectivity index (χ3n) is 7.76. The molecule has 0 radical (unpaired) electrons. The van der Waals surface area contributed by atoms with E-state index >= 15 is 8.78 Å². The molecule has 0 aliphatic carbocycles. The normalized spacial score (nSPS) is 25.9. The van der Waals surface area contributed by atoms with Crippen LogP contribution < -0.4 is 0 Å². The molecule has 3 aliphatic heterocycles. The number of piperidine rings is 3. The monoisotopic (exact) mass is 477 g/mol. The summed E-state index contributed by atoms with van der Waals surface area (Å²) in [5, 5.41) is 0. The number of benzene rings is 1. The van der Waals surface area contributed by atoms with Gasteiger partial charge in [-0.2, -0.15) is 0 Å². The predicted molar refractivity (Wildman–Crippen MR) is 130 cm³/mol. The van der Waals surface area contributed by atoms with Crippen molar-refractivity contribution in [1.82, 2.24) is 14.7 Å². The van der Waals surface area contributed by atoms with Gasteiger partial charge in [-0.1, -0.05) is 30.3 Å². The molecule has 4 rings (SSSR count). The summed E-state index contributed by atoms with van der Waals surface area (Å²) in [7, 11) is 0. The molecule has 0 saturated carbocycles. The van der Waals surface area contributed by atoms with Gasteiger partial charge in [0.2, 0.25) is 0 Å². The molecule has 0 spiro atoms. The lowest BCUT2D eigenvalue weighted by Gasteiger charge is -2.47. The summed E-state index contributed by atoms with van der Waals surface area (Å²) < 4.78 is 35.8. The number of nitrogens with zero attached hydrogens (tertiary/aromatic N) is 3. The topological polar surface area (TPSA) is 36.0 Å². The van der Waals surface area contributed by atoms with E-state index in [-0.39, 0.29) is 12.6 Å². The van der Waals surface area contributed by atoms with Gasteiger partial charge in [0.25, 0.3) is 5.92 Å². The second-order valence-corrected chi connectivity index (χ2v) is 11.4. The van der Waals surface area contributed by atoms with E-state index in [0.29, 0.717) is 24.8 Å². The summed E-state index contributed by atoms with van der Waals surface area (Å²) >= 11 is 0. The summed E-state index contributed by atoms with van der Waals surface area (Å²) in [6, 6.07) is 9.25. The number of ether oxygens (including phenoxy) is 1. The molecule has 5 nitrogen and oxygen atoms in total. The molecule has 34 heavy (non-hydrogen) atoms. The average molecular weight is 478 g/mol. The summed E-state index contributed by atoms with van der Waals surface area (Å²) in [6.45, 7) is 9.81. The van der Waals surface area contributed by atoms with Crippen LogP contribution in [0.25, 0.3) is 0 Å². The fourth-order valence-electron chi connectivity index (χ4n) is 6.01. The Labute approximate surface area is 203 Å². The van der Waals surface area contributed by atoms with Gasteiger partial charge in [0.1, 0.15) is 5.60 Å². The van der Waals surface area contributed by atoms with Gasteiger partial charge in [-0.25, -0.2) is 13.6 Å². The zero-order valence-electron chi connectivity index (χ0n) is 21.0. The molecule has 0 aromatic heterocycles. The van der Waals surface area contributed by atoms with Crippen molar-refractivity contribution in [3.05, 3.63) is 35.9 Å². The molecule has 1 atom stereocenters. The lowest BCUT2D eigenvalue weighted by atomic mass is 9.78. The minimum absolute atomic E-state index is 0.157. The molecule has 1 aromatic carbocycles. The molecule has 1 unspecified atom stereocenters. The van der Waals surface area contributed by atoms with Crippen molar-refractivity contribution in [2.24, 2.45) is 11.8 Å². The maximum atomic E-state index is 15.2. The van der Waals surface area contributed by atoms with E-state index < -0.39 is 17.6 Å². The van der Waals surface area contributed by atoms with Crippen LogP contribution >= 0.6 is 0 Å². The van der Waals surface area contributed by atoms with Crippen molar-refractivity contribution >= 4 is 6.09 Å². The molecular formula is C27H41F2N3O2. The van der Waals surface area contributed by atoms with Crippen molar-refractivity contribution in [3.8, 4) is 0 Å². The summed E-state index contributed by atoms with van der Waals surface area (Å²) in [4.78, 5) is 18.1. The van der Waals surface area contributed by atoms with Crippen LogP contribution in [0.3, 0.4) is 0 Å². The van der Waals surface area contributed by atoms with E-state index in [9.17, 15) is 4.79 Å². The maximum Gasteiger partial charge on any atom is 0.410 e. The number of hydrogen-bond acceptors (Lipinski definition) is 4. The van der Waals surface area contributed by atoms with Gasteiger partial charge in [0, 0.05) is 26.2 Å². The molecule has 3 heterocycles. The van der Waals surface area contributed by atoms with E-state index in [1.54, 1.807) is 0 Å². The standard InChI is InChI=1S/C27H41F2N3O2/c1-26(2,3)34-25(33)32-17-11-23(12-18-32)22-9-15-31(16-10-22)24-13-14-30(20-27(24,28)29)19-21-7-5-4-6-8-21/h4-8,22-24H,9-20H2,1-3H3. The molecule has 0 N–H and O–H groups in total. The number of carbonyl (C=O) groups is 1. The van der Waals surface area contributed by atoms with Crippen LogP contribution in [0.2, 0.25) is 0 Å². The molecule has 3 saturated heterocycles. The minimum Gasteiger partial charge on any atom is -0.444 e. The first kappa shape index (κ1) is 25.4. The van der Waals surface area contributed by atoms with Crippen LogP contribution in [0.4, 0.5) is 13.6 Å². The van der Waals surface area contributed by atoms with E-state index in [0.717, 1.165) is 64.0 Å². The number of carbonyl (C=O) groups excluding carboxylic acids is 1. The average Bonchev–Trinajstić information content (AvgIpc) is 2.78. The molecule has 3 fully saturated rings. The van der Waals surface area contributed by atoms with Crippen molar-refractivity contribution in [3.63, 3.8) is 0 Å². The fraction of sp³-hybridized carbons (Fsp3) is 0.741. The highest BCUT2D eigenvalue weighted by molar-refractivity contribution is 5.68. The molecule has 0 bridgehead atoms. The van der Waals surface area contributed by atoms with Crippen LogP contribution in [0.1, 0.15) is 58.4 Å². The minimum atomic E-state index is -2.68. The first-order chi connectivity index (χ1) is 16.1. The second-order valence-electron chi connectivity index (χ2n) is 11.4. The van der Waals surface area contributed by atoms with Gasteiger partial charge in [-0.3, -0.25) is 9.80 Å². The highest BCUT2D eigenvalue weighted by Crippen LogP contribution is 2.37. The smallest absolute Gasteiger partial charge is 0.410 e. The maximum absolute atomic E-state index is 15.2. The Kier molecular flexibility index (Phi) is 7.82. The first-order valence-corrected chi connectivity index (χ1v) is 13.0. The number of alkyl halides is 2. The van der Waals surface area contributed by atoms with Gasteiger partial charge in [-0.05, 0) is 83.4 Å². The predicted octanol–water partition coefficient (Wildman–Crippen LogP) is 5.26. The Bertz CT molecular complexity index is 798. The number of likely N-dealkylation sites (tertiary alicyclic amines) is 3. The molecule has 3 aliphatic rings. The Hall–Kier alpha value is -1.73. The number of hydrogen-bond donors (Lipinski definition) is 0. The first-order valence-electron chi connectivity index (χ1n) is 13.0. The lowest BCUT2D eigenvalue weighted by Crippen LogP contribution is -2.59. The van der Waals surface area contributed by atoms with E-state index in [2.05, 4.69) is 4.90 Å². The van der Waals surface area contributed by atoms with Gasteiger partial charge in [0.05, 0.1) is 12.6 Å². The van der Waals surface area contributed by atoms with Crippen LogP contribution in [-0.2, 0) is 11.3 Å². The van der Waals surface area contributed by atoms with Crippen molar-refractivity contribution in [2.45, 2.75) is 77.0 Å². The van der Waals surface area contributed by atoms with Crippen LogP contribution in [0.5, 0.6) is 0 Å². The van der Waals surface area contributed by atoms with Gasteiger partial charge >= 0.3 is 6.09 Å².